The van der Waals surface area contributed by atoms with Crippen molar-refractivity contribution in [2.45, 2.75) is 57.4 Å². The molecule has 2 amide bonds. The van der Waals surface area contributed by atoms with Crippen LogP contribution in [0.2, 0.25) is 0 Å². The van der Waals surface area contributed by atoms with Crippen LogP contribution in [-0.4, -0.2) is 85.5 Å². The van der Waals surface area contributed by atoms with Crippen LogP contribution in [0.5, 0.6) is 0 Å². The van der Waals surface area contributed by atoms with Gasteiger partial charge >= 0.3 is 0 Å². The quantitative estimate of drug-likeness (QED) is 0.173. The Balaban J connectivity index is 1.17. The standard InChI is InChI=1S/C37H43N3O7/c41-21-26-19-30-35(37(46)40(36(30)45)27-13-16-39(17-14-27)20-24-6-2-1-3-7-24)31(23-43)34(26)33(44)12-9-25(32-8-4-5-15-38-32)18-28-10-11-29(22-42)47-28/h1-8,10-11,15,18,27,30-31,33,35,41-44H,9,12-14,16-17,19-23H2/b25-18-/t30-,31+,33-,35-/m1/s1. The van der Waals surface area contributed by atoms with Gasteiger partial charge in [-0.2, -0.15) is 0 Å². The number of piperidine rings is 1. The molecule has 3 aliphatic rings. The van der Waals surface area contributed by atoms with Crippen LogP contribution in [0.25, 0.3) is 11.6 Å². The average Bonchev–Trinajstić information content (AvgIpc) is 3.67. The van der Waals surface area contributed by atoms with E-state index in [9.17, 15) is 30.0 Å². The van der Waals surface area contributed by atoms with Crippen molar-refractivity contribution in [3.8, 4) is 0 Å². The number of amides is 2. The van der Waals surface area contributed by atoms with E-state index < -0.39 is 30.5 Å². The molecular weight excluding hydrogens is 598 g/mol. The molecule has 2 aliphatic heterocycles. The van der Waals surface area contributed by atoms with Gasteiger partial charge in [-0.3, -0.25) is 24.4 Å². The molecule has 10 heteroatoms. The van der Waals surface area contributed by atoms with Crippen LogP contribution in [0.3, 0.4) is 0 Å². The van der Waals surface area contributed by atoms with Crippen molar-refractivity contribution in [1.29, 1.82) is 0 Å². The molecule has 0 spiro atoms. The molecule has 4 heterocycles. The van der Waals surface area contributed by atoms with Crippen molar-refractivity contribution in [2.24, 2.45) is 17.8 Å². The van der Waals surface area contributed by atoms with E-state index >= 15 is 0 Å². The third-order valence-corrected chi connectivity index (χ3v) is 9.97. The summed E-state index contributed by atoms with van der Waals surface area (Å²) in [5.41, 5.74) is 3.69. The van der Waals surface area contributed by atoms with Crippen molar-refractivity contribution in [2.75, 3.05) is 26.3 Å². The fourth-order valence-corrected chi connectivity index (χ4v) is 7.67. The Morgan fingerprint density at radius 3 is 2.38 bits per heavy atom. The van der Waals surface area contributed by atoms with Crippen LogP contribution in [0.15, 0.2) is 82.4 Å². The summed E-state index contributed by atoms with van der Waals surface area (Å²) in [6.07, 6.45) is 4.58. The SMILES string of the molecule is O=C1[C@@H]2[C@@H](CC(CO)=C([C@H](O)CC/C(=C/c3ccc(CO)o3)c3ccccn3)[C@@H]2CO)C(=O)N1C1CCN(Cc2ccccc2)CC1. The lowest BCUT2D eigenvalue weighted by Crippen LogP contribution is -2.47. The van der Waals surface area contributed by atoms with Gasteiger partial charge in [-0.15, -0.1) is 0 Å². The van der Waals surface area contributed by atoms with Crippen molar-refractivity contribution >= 4 is 23.5 Å². The summed E-state index contributed by atoms with van der Waals surface area (Å²) in [7, 11) is 0. The van der Waals surface area contributed by atoms with Crippen LogP contribution < -0.4 is 0 Å². The van der Waals surface area contributed by atoms with Crippen molar-refractivity contribution in [3.05, 3.63) is 101 Å². The maximum Gasteiger partial charge on any atom is 0.234 e. The number of hydrogen-bond donors (Lipinski definition) is 4. The van der Waals surface area contributed by atoms with Crippen LogP contribution >= 0.6 is 0 Å². The molecule has 4 atom stereocenters. The van der Waals surface area contributed by atoms with Crippen LogP contribution in [-0.2, 0) is 22.7 Å². The number of benzene rings is 1. The Morgan fingerprint density at radius 1 is 0.957 bits per heavy atom. The normalized spacial score (nSPS) is 23.4. The maximum atomic E-state index is 14.0. The highest BCUT2D eigenvalue weighted by Crippen LogP contribution is 2.47. The first-order valence-electron chi connectivity index (χ1n) is 16.5. The number of aliphatic hydroxyl groups excluding tert-OH is 4. The largest absolute Gasteiger partial charge is 0.459 e. The summed E-state index contributed by atoms with van der Waals surface area (Å²) in [5.74, 6) is -1.77. The lowest BCUT2D eigenvalue weighted by atomic mass is 9.68. The number of fused-ring (bicyclic) bond motifs is 1. The second-order valence-corrected chi connectivity index (χ2v) is 12.8. The van der Waals surface area contributed by atoms with E-state index in [4.69, 9.17) is 4.42 Å². The molecule has 2 saturated heterocycles. The van der Waals surface area contributed by atoms with E-state index in [-0.39, 0.29) is 43.9 Å². The van der Waals surface area contributed by atoms with E-state index in [0.29, 0.717) is 47.6 Å². The van der Waals surface area contributed by atoms with Crippen molar-refractivity contribution < 1.29 is 34.4 Å². The van der Waals surface area contributed by atoms with E-state index in [0.717, 1.165) is 25.2 Å². The Labute approximate surface area is 274 Å². The molecule has 10 nitrogen and oxygen atoms in total. The first kappa shape index (κ1) is 33.0. The van der Waals surface area contributed by atoms with Crippen LogP contribution in [0, 0.1) is 17.8 Å². The van der Waals surface area contributed by atoms with Crippen LogP contribution in [0.4, 0.5) is 0 Å². The van der Waals surface area contributed by atoms with Gasteiger partial charge in [-0.05, 0) is 84.7 Å². The monoisotopic (exact) mass is 641 g/mol. The predicted octanol–water partition coefficient (Wildman–Crippen LogP) is 3.42. The summed E-state index contributed by atoms with van der Waals surface area (Å²) in [6, 6.07) is 19.0. The zero-order valence-electron chi connectivity index (χ0n) is 26.4. The minimum Gasteiger partial charge on any atom is -0.459 e. The van der Waals surface area contributed by atoms with Gasteiger partial charge in [0.25, 0.3) is 0 Å². The highest BCUT2D eigenvalue weighted by molar-refractivity contribution is 6.06. The van der Waals surface area contributed by atoms with Gasteiger partial charge in [0.1, 0.15) is 18.1 Å². The average molecular weight is 642 g/mol. The number of furan rings is 1. The number of pyridine rings is 1. The molecule has 248 valence electrons. The molecule has 0 radical (unpaired) electrons. The summed E-state index contributed by atoms with van der Waals surface area (Å²) in [6.45, 7) is 1.35. The highest BCUT2D eigenvalue weighted by Gasteiger charge is 2.56. The molecular formula is C37H43N3O7. The fourth-order valence-electron chi connectivity index (χ4n) is 7.67. The molecule has 47 heavy (non-hydrogen) atoms. The summed E-state index contributed by atoms with van der Waals surface area (Å²) < 4.78 is 5.67. The topological polar surface area (TPSA) is 148 Å². The number of aromatic nitrogens is 1. The molecule has 1 aromatic carbocycles. The minimum atomic E-state index is -1.06. The van der Waals surface area contributed by atoms with E-state index in [1.54, 1.807) is 18.3 Å². The highest BCUT2D eigenvalue weighted by atomic mass is 16.4. The number of aliphatic hydroxyl groups is 4. The lowest BCUT2D eigenvalue weighted by molar-refractivity contribution is -0.144. The molecule has 2 fully saturated rings. The number of hydrogen-bond acceptors (Lipinski definition) is 9. The van der Waals surface area contributed by atoms with Gasteiger partial charge < -0.3 is 24.8 Å². The minimum absolute atomic E-state index is 0.178. The number of nitrogens with zero attached hydrogens (tertiary/aromatic N) is 3. The predicted molar refractivity (Wildman–Crippen MR) is 175 cm³/mol. The molecule has 0 unspecified atom stereocenters. The number of allylic oxidation sites excluding steroid dienone is 1. The Kier molecular flexibility index (Phi) is 10.4. The van der Waals surface area contributed by atoms with Gasteiger partial charge in [-0.1, -0.05) is 36.4 Å². The second-order valence-electron chi connectivity index (χ2n) is 12.8. The van der Waals surface area contributed by atoms with Crippen molar-refractivity contribution in [3.63, 3.8) is 0 Å². The van der Waals surface area contributed by atoms with Gasteiger partial charge in [0, 0.05) is 37.8 Å². The number of carbonyl (C=O) groups excluding carboxylic acids is 2. The maximum absolute atomic E-state index is 14.0. The number of rotatable bonds is 12. The van der Waals surface area contributed by atoms with Gasteiger partial charge in [0.2, 0.25) is 11.8 Å². The number of likely N-dealkylation sites (tertiary alicyclic amines) is 2. The first-order chi connectivity index (χ1) is 22.9. The van der Waals surface area contributed by atoms with Gasteiger partial charge in [-0.25, -0.2) is 0 Å². The molecule has 1 aliphatic carbocycles. The third kappa shape index (κ3) is 7.02. The summed E-state index contributed by atoms with van der Waals surface area (Å²) >= 11 is 0. The molecule has 0 saturated carbocycles. The van der Waals surface area contributed by atoms with E-state index in [2.05, 4.69) is 22.0 Å². The smallest absolute Gasteiger partial charge is 0.234 e. The Hall–Kier alpha value is -3.93. The second kappa shape index (κ2) is 14.9. The Morgan fingerprint density at radius 2 is 1.72 bits per heavy atom. The molecule has 6 rings (SSSR count). The van der Waals surface area contributed by atoms with Gasteiger partial charge in [0.05, 0.1) is 36.8 Å². The molecule has 4 N–H and O–H groups in total. The Bertz CT molecular complexity index is 1590. The third-order valence-electron chi connectivity index (χ3n) is 9.97. The number of imide groups is 1. The summed E-state index contributed by atoms with van der Waals surface area (Å²) in [5, 5.41) is 42.1. The van der Waals surface area contributed by atoms with Gasteiger partial charge in [0.15, 0.2) is 0 Å². The molecule has 0 bridgehead atoms. The summed E-state index contributed by atoms with van der Waals surface area (Å²) in [4.78, 5) is 36.0. The zero-order chi connectivity index (χ0) is 32.9. The van der Waals surface area contributed by atoms with E-state index in [1.807, 2.05) is 42.5 Å². The van der Waals surface area contributed by atoms with E-state index in [1.165, 1.54) is 10.5 Å². The van der Waals surface area contributed by atoms with Crippen molar-refractivity contribution in [1.82, 2.24) is 14.8 Å². The van der Waals surface area contributed by atoms with Crippen LogP contribution in [0.1, 0.15) is 54.9 Å². The zero-order valence-corrected chi connectivity index (χ0v) is 26.4. The lowest BCUT2D eigenvalue weighted by Gasteiger charge is -2.36. The molecule has 3 aromatic rings. The fraction of sp³-hybridized carbons (Fsp3) is 0.432. The number of carbonyl (C=O) groups is 2. The molecule has 2 aromatic heterocycles. The first-order valence-corrected chi connectivity index (χ1v) is 16.5.